The normalized spacial score (nSPS) is 11.0. The molecule has 0 aliphatic heterocycles. The van der Waals surface area contributed by atoms with Crippen molar-refractivity contribution in [2.45, 2.75) is 0 Å². The van der Waals surface area contributed by atoms with E-state index in [2.05, 4.69) is 0 Å². The van der Waals surface area contributed by atoms with E-state index in [0.29, 0.717) is 0 Å². The zero-order valence-electron chi connectivity index (χ0n) is 10.0. The van der Waals surface area contributed by atoms with Crippen molar-refractivity contribution in [3.63, 3.8) is 0 Å². The van der Waals surface area contributed by atoms with E-state index in [-0.39, 0.29) is 11.1 Å². The van der Waals surface area contributed by atoms with E-state index in [1.54, 1.807) is 0 Å². The molecule has 0 radical (unpaired) electrons. The SMILES string of the molecule is O=C(/C=C\c1ccc(F)c(F)c1)c1ccc(F)c(F)c1. The zero-order chi connectivity index (χ0) is 14.7. The van der Waals surface area contributed by atoms with Crippen molar-refractivity contribution < 1.29 is 22.4 Å². The zero-order valence-corrected chi connectivity index (χ0v) is 10.0. The van der Waals surface area contributed by atoms with Gasteiger partial charge in [0.05, 0.1) is 0 Å². The van der Waals surface area contributed by atoms with Gasteiger partial charge in [0.1, 0.15) is 0 Å². The fourth-order valence-electron chi connectivity index (χ4n) is 1.53. The minimum atomic E-state index is -1.13. The Labute approximate surface area is 112 Å². The lowest BCUT2D eigenvalue weighted by Crippen LogP contribution is -1.96. The van der Waals surface area contributed by atoms with Gasteiger partial charge in [-0.2, -0.15) is 0 Å². The number of halogens is 4. The third-order valence-corrected chi connectivity index (χ3v) is 2.57. The molecule has 0 bridgehead atoms. The molecule has 0 amide bonds. The van der Waals surface area contributed by atoms with Crippen LogP contribution in [0.5, 0.6) is 0 Å². The number of hydrogen-bond acceptors (Lipinski definition) is 1. The van der Waals surface area contributed by atoms with Crippen LogP contribution in [0, 0.1) is 23.3 Å². The minimum absolute atomic E-state index is 0.0391. The van der Waals surface area contributed by atoms with Crippen LogP contribution in [0.1, 0.15) is 15.9 Å². The molecule has 0 aliphatic rings. The van der Waals surface area contributed by atoms with E-state index in [0.717, 1.165) is 36.4 Å². The number of ketones is 1. The molecule has 0 aliphatic carbocycles. The number of rotatable bonds is 3. The molecule has 0 saturated heterocycles. The maximum Gasteiger partial charge on any atom is 0.185 e. The molecular weight excluding hydrogens is 272 g/mol. The molecule has 0 fully saturated rings. The Kier molecular flexibility index (Phi) is 3.98. The Morgan fingerprint density at radius 3 is 2.00 bits per heavy atom. The summed E-state index contributed by atoms with van der Waals surface area (Å²) in [5.74, 6) is -4.78. The molecule has 0 unspecified atom stereocenters. The lowest BCUT2D eigenvalue weighted by atomic mass is 10.1. The van der Waals surface area contributed by atoms with E-state index in [1.165, 1.54) is 12.1 Å². The summed E-state index contributed by atoms with van der Waals surface area (Å²) in [6.07, 6.45) is 2.32. The van der Waals surface area contributed by atoms with Crippen LogP contribution in [0.4, 0.5) is 17.6 Å². The number of carbonyl (C=O) groups excluding carboxylic acids is 1. The van der Waals surface area contributed by atoms with Crippen molar-refractivity contribution in [2.24, 2.45) is 0 Å². The second-order valence-electron chi connectivity index (χ2n) is 4.00. The summed E-state index contributed by atoms with van der Waals surface area (Å²) in [5.41, 5.74) is 0.238. The van der Waals surface area contributed by atoms with Crippen LogP contribution in [-0.2, 0) is 0 Å². The van der Waals surface area contributed by atoms with E-state index < -0.39 is 29.1 Å². The number of carbonyl (C=O) groups is 1. The van der Waals surface area contributed by atoms with Gasteiger partial charge in [0.15, 0.2) is 29.1 Å². The lowest BCUT2D eigenvalue weighted by molar-refractivity contribution is 0.104. The first-order chi connectivity index (χ1) is 9.47. The standard InChI is InChI=1S/C15H8F4O/c16-11-4-1-9(7-13(11)18)2-6-15(20)10-3-5-12(17)14(19)8-10/h1-8H/b6-2-. The monoisotopic (exact) mass is 280 g/mol. The highest BCUT2D eigenvalue weighted by atomic mass is 19.2. The number of allylic oxidation sites excluding steroid dienone is 1. The molecule has 0 N–H and O–H groups in total. The first-order valence-corrected chi connectivity index (χ1v) is 5.60. The molecular formula is C15H8F4O. The van der Waals surface area contributed by atoms with E-state index in [4.69, 9.17) is 0 Å². The van der Waals surface area contributed by atoms with Crippen molar-refractivity contribution in [3.8, 4) is 0 Å². The predicted molar refractivity (Wildman–Crippen MR) is 66.1 cm³/mol. The van der Waals surface area contributed by atoms with Crippen molar-refractivity contribution in [1.29, 1.82) is 0 Å². The third kappa shape index (κ3) is 3.12. The van der Waals surface area contributed by atoms with Gasteiger partial charge in [-0.15, -0.1) is 0 Å². The second-order valence-corrected chi connectivity index (χ2v) is 4.00. The summed E-state index contributed by atoms with van der Waals surface area (Å²) in [5, 5.41) is 0. The average molecular weight is 280 g/mol. The molecule has 5 heteroatoms. The van der Waals surface area contributed by atoms with Gasteiger partial charge in [-0.3, -0.25) is 4.79 Å². The second kappa shape index (κ2) is 5.69. The number of hydrogen-bond donors (Lipinski definition) is 0. The maximum absolute atomic E-state index is 13.0. The molecule has 2 aromatic carbocycles. The molecule has 20 heavy (non-hydrogen) atoms. The number of benzene rings is 2. The first-order valence-electron chi connectivity index (χ1n) is 5.60. The highest BCUT2D eigenvalue weighted by molar-refractivity contribution is 6.06. The average Bonchev–Trinajstić information content (AvgIpc) is 2.43. The summed E-state index contributed by atoms with van der Waals surface area (Å²) in [6.45, 7) is 0. The fourth-order valence-corrected chi connectivity index (χ4v) is 1.53. The van der Waals surface area contributed by atoms with Crippen molar-refractivity contribution in [3.05, 3.63) is 76.9 Å². The Morgan fingerprint density at radius 1 is 0.800 bits per heavy atom. The molecule has 0 atom stereocenters. The molecule has 102 valence electrons. The topological polar surface area (TPSA) is 17.1 Å². The van der Waals surface area contributed by atoms with Gasteiger partial charge in [0.2, 0.25) is 0 Å². The third-order valence-electron chi connectivity index (χ3n) is 2.57. The highest BCUT2D eigenvalue weighted by Crippen LogP contribution is 2.12. The van der Waals surface area contributed by atoms with Gasteiger partial charge in [-0.1, -0.05) is 12.1 Å². The van der Waals surface area contributed by atoms with Crippen LogP contribution in [0.15, 0.2) is 42.5 Å². The highest BCUT2D eigenvalue weighted by Gasteiger charge is 2.07. The largest absolute Gasteiger partial charge is 0.289 e. The summed E-state index contributed by atoms with van der Waals surface area (Å²) in [6, 6.07) is 5.88. The molecule has 2 rings (SSSR count). The van der Waals surface area contributed by atoms with Crippen LogP contribution >= 0.6 is 0 Å². The molecule has 0 saturated carbocycles. The summed E-state index contributed by atoms with van der Waals surface area (Å²) in [4.78, 5) is 11.7. The molecule has 1 nitrogen and oxygen atoms in total. The van der Waals surface area contributed by atoms with E-state index >= 15 is 0 Å². The minimum Gasteiger partial charge on any atom is -0.289 e. The predicted octanol–water partition coefficient (Wildman–Crippen LogP) is 4.14. The summed E-state index contributed by atoms with van der Waals surface area (Å²) in [7, 11) is 0. The van der Waals surface area contributed by atoms with Crippen molar-refractivity contribution in [1.82, 2.24) is 0 Å². The van der Waals surface area contributed by atoms with Crippen molar-refractivity contribution >= 4 is 11.9 Å². The smallest absolute Gasteiger partial charge is 0.185 e. The Balaban J connectivity index is 2.19. The van der Waals surface area contributed by atoms with Gasteiger partial charge in [-0.05, 0) is 42.0 Å². The van der Waals surface area contributed by atoms with Crippen LogP contribution in [-0.4, -0.2) is 5.78 Å². The molecule has 2 aromatic rings. The quantitative estimate of drug-likeness (QED) is 0.469. The Morgan fingerprint density at radius 2 is 1.40 bits per heavy atom. The Hall–Kier alpha value is -2.43. The fraction of sp³-hybridized carbons (Fsp3) is 0. The van der Waals surface area contributed by atoms with Gasteiger partial charge in [-0.25, -0.2) is 17.6 Å². The van der Waals surface area contributed by atoms with Crippen molar-refractivity contribution in [2.75, 3.05) is 0 Å². The Bertz CT molecular complexity index is 692. The van der Waals surface area contributed by atoms with Gasteiger partial charge in [0.25, 0.3) is 0 Å². The van der Waals surface area contributed by atoms with Crippen LogP contribution < -0.4 is 0 Å². The summed E-state index contributed by atoms with van der Waals surface area (Å²) < 4.78 is 51.3. The molecule has 0 spiro atoms. The van der Waals surface area contributed by atoms with Gasteiger partial charge in [0, 0.05) is 5.56 Å². The molecule has 0 aromatic heterocycles. The van der Waals surface area contributed by atoms with Gasteiger partial charge < -0.3 is 0 Å². The lowest BCUT2D eigenvalue weighted by Gasteiger charge is -1.98. The van der Waals surface area contributed by atoms with E-state index in [1.807, 2.05) is 0 Å². The first kappa shape index (κ1) is 14.0. The van der Waals surface area contributed by atoms with Crippen LogP contribution in [0.25, 0.3) is 6.08 Å². The van der Waals surface area contributed by atoms with E-state index in [9.17, 15) is 22.4 Å². The van der Waals surface area contributed by atoms with Crippen LogP contribution in [0.3, 0.4) is 0 Å². The maximum atomic E-state index is 13.0. The summed E-state index contributed by atoms with van der Waals surface area (Å²) >= 11 is 0. The molecule has 0 heterocycles. The van der Waals surface area contributed by atoms with Gasteiger partial charge >= 0.3 is 0 Å². The van der Waals surface area contributed by atoms with Crippen LogP contribution in [0.2, 0.25) is 0 Å².